The number of rotatable bonds is 7. The van der Waals surface area contributed by atoms with Crippen LogP contribution in [0.5, 0.6) is 17.2 Å². The molecule has 0 unspecified atom stereocenters. The zero-order valence-corrected chi connectivity index (χ0v) is 25.9. The lowest BCUT2D eigenvalue weighted by atomic mass is 10.1. The second-order valence-electron chi connectivity index (χ2n) is 10.2. The number of methoxy groups -OCH3 is 2. The van der Waals surface area contributed by atoms with Gasteiger partial charge in [-0.15, -0.1) is 0 Å². The highest BCUT2D eigenvalue weighted by Gasteiger charge is 2.24. The summed E-state index contributed by atoms with van der Waals surface area (Å²) < 4.78 is 38.5. The smallest absolute Gasteiger partial charge is 0.265 e. The summed E-state index contributed by atoms with van der Waals surface area (Å²) in [6.45, 7) is 2.58. The van der Waals surface area contributed by atoms with Gasteiger partial charge >= 0.3 is 0 Å². The Morgan fingerprint density at radius 3 is 2.29 bits per heavy atom. The van der Waals surface area contributed by atoms with Crippen molar-refractivity contribution in [1.29, 1.82) is 0 Å². The summed E-state index contributed by atoms with van der Waals surface area (Å²) in [5.74, 6) is 1.22. The van der Waals surface area contributed by atoms with Crippen LogP contribution in [0.15, 0.2) is 71.9 Å². The lowest BCUT2D eigenvalue weighted by Gasteiger charge is -2.37. The number of ether oxygens (including phenoxy) is 2. The molecule has 0 saturated carbocycles. The van der Waals surface area contributed by atoms with Gasteiger partial charge in [-0.25, -0.2) is 23.1 Å². The molecule has 3 aromatic carbocycles. The van der Waals surface area contributed by atoms with Gasteiger partial charge < -0.3 is 34.7 Å². The molecule has 3 heterocycles. The van der Waals surface area contributed by atoms with E-state index >= 15 is 0 Å². The molecule has 2 aromatic heterocycles. The van der Waals surface area contributed by atoms with Gasteiger partial charge in [0.1, 0.15) is 23.5 Å². The first-order chi connectivity index (χ1) is 21.7. The standard InChI is InChI=1S/C30H29N7O6S2/c1-42-24-15-22-23(16-25(24)43-2)34-27-26(22)28(32-17-31-27)36-11-13-37(14-12-36)30(44)33-19-5-9-21(10-6-19)45(40,41)35-29(39)18-3-7-20(38)8-4-18/h3-10,15-17,38H,11-14H2,1-2H3,(H,33,44)(H,35,39)(H,31,32,34). The summed E-state index contributed by atoms with van der Waals surface area (Å²) >= 11 is 5.66. The second kappa shape index (κ2) is 12.1. The lowest BCUT2D eigenvalue weighted by Crippen LogP contribution is -2.50. The quantitative estimate of drug-likeness (QED) is 0.191. The molecule has 0 bridgehead atoms. The lowest BCUT2D eigenvalue weighted by molar-refractivity contribution is 0.0981. The molecule has 45 heavy (non-hydrogen) atoms. The van der Waals surface area contributed by atoms with Gasteiger partial charge in [0.15, 0.2) is 16.6 Å². The van der Waals surface area contributed by atoms with Crippen LogP contribution >= 0.6 is 12.2 Å². The highest BCUT2D eigenvalue weighted by Crippen LogP contribution is 2.38. The molecule has 1 amide bonds. The van der Waals surface area contributed by atoms with Gasteiger partial charge in [0, 0.05) is 48.9 Å². The number of carbonyl (C=O) groups is 1. The van der Waals surface area contributed by atoms with Crippen LogP contribution in [0.1, 0.15) is 10.4 Å². The highest BCUT2D eigenvalue weighted by atomic mass is 32.2. The van der Waals surface area contributed by atoms with E-state index in [4.69, 9.17) is 21.7 Å². The second-order valence-corrected chi connectivity index (χ2v) is 12.3. The number of fused-ring (bicyclic) bond motifs is 3. The molecule has 6 rings (SSSR count). The summed E-state index contributed by atoms with van der Waals surface area (Å²) in [6.07, 6.45) is 1.54. The van der Waals surface area contributed by atoms with Crippen molar-refractivity contribution in [3.8, 4) is 17.2 Å². The Morgan fingerprint density at radius 2 is 1.62 bits per heavy atom. The minimum atomic E-state index is -4.11. The number of aromatic nitrogens is 3. The predicted molar refractivity (Wildman–Crippen MR) is 174 cm³/mol. The van der Waals surface area contributed by atoms with E-state index in [0.717, 1.165) is 27.8 Å². The molecule has 5 aromatic rings. The maximum absolute atomic E-state index is 12.7. The number of hydrogen-bond acceptors (Lipinski definition) is 10. The zero-order chi connectivity index (χ0) is 31.7. The number of sulfonamides is 1. The Balaban J connectivity index is 1.10. The third-order valence-corrected chi connectivity index (χ3v) is 9.22. The van der Waals surface area contributed by atoms with Crippen LogP contribution in [0.3, 0.4) is 0 Å². The fourth-order valence-electron chi connectivity index (χ4n) is 5.17. The van der Waals surface area contributed by atoms with E-state index in [-0.39, 0.29) is 16.2 Å². The van der Waals surface area contributed by atoms with Crippen LogP contribution in [0.4, 0.5) is 11.5 Å². The van der Waals surface area contributed by atoms with Crippen molar-refractivity contribution in [1.82, 2.24) is 24.6 Å². The minimum Gasteiger partial charge on any atom is -0.508 e. The van der Waals surface area contributed by atoms with Crippen molar-refractivity contribution in [3.63, 3.8) is 0 Å². The first-order valence-corrected chi connectivity index (χ1v) is 15.7. The molecule has 1 aliphatic heterocycles. The number of H-pyrrole nitrogens is 1. The number of anilines is 2. The van der Waals surface area contributed by atoms with Gasteiger partial charge in [0.05, 0.1) is 30.0 Å². The number of thiocarbonyl (C=S) groups is 1. The van der Waals surface area contributed by atoms with E-state index in [9.17, 15) is 18.3 Å². The van der Waals surface area contributed by atoms with E-state index in [1.807, 2.05) is 21.8 Å². The summed E-state index contributed by atoms with van der Waals surface area (Å²) in [6, 6.07) is 15.0. The van der Waals surface area contributed by atoms with Crippen LogP contribution in [0.2, 0.25) is 0 Å². The zero-order valence-electron chi connectivity index (χ0n) is 24.3. The van der Waals surface area contributed by atoms with Gasteiger partial charge in [0.25, 0.3) is 15.9 Å². The molecule has 232 valence electrons. The average Bonchev–Trinajstić information content (AvgIpc) is 3.42. The number of nitrogens with one attached hydrogen (secondary N) is 3. The van der Waals surface area contributed by atoms with Crippen molar-refractivity contribution < 1.29 is 27.8 Å². The van der Waals surface area contributed by atoms with Crippen LogP contribution in [0, 0.1) is 0 Å². The molecule has 0 atom stereocenters. The van der Waals surface area contributed by atoms with Gasteiger partial charge in [-0.1, -0.05) is 0 Å². The number of phenolic OH excluding ortho intramolecular Hbond substituents is 1. The van der Waals surface area contributed by atoms with Gasteiger partial charge in [0.2, 0.25) is 0 Å². The topological polar surface area (TPSA) is 162 Å². The van der Waals surface area contributed by atoms with Crippen molar-refractivity contribution in [2.75, 3.05) is 50.6 Å². The molecular formula is C30H29N7O6S2. The third-order valence-electron chi connectivity index (χ3n) is 7.51. The summed E-state index contributed by atoms with van der Waals surface area (Å²) in [4.78, 5) is 28.9. The van der Waals surface area contributed by atoms with E-state index in [2.05, 4.69) is 25.2 Å². The highest BCUT2D eigenvalue weighted by molar-refractivity contribution is 7.90. The van der Waals surface area contributed by atoms with Crippen LogP contribution in [-0.4, -0.2) is 84.8 Å². The minimum absolute atomic E-state index is 0.0297. The molecule has 0 aliphatic carbocycles. The van der Waals surface area contributed by atoms with Crippen molar-refractivity contribution in [3.05, 3.63) is 72.6 Å². The van der Waals surface area contributed by atoms with Crippen LogP contribution < -0.4 is 24.4 Å². The summed E-state index contributed by atoms with van der Waals surface area (Å²) in [7, 11) is -0.916. The normalized spacial score (nSPS) is 13.6. The third kappa shape index (κ3) is 5.99. The van der Waals surface area contributed by atoms with E-state index in [1.54, 1.807) is 32.7 Å². The number of aromatic amines is 1. The van der Waals surface area contributed by atoms with E-state index < -0.39 is 15.9 Å². The van der Waals surface area contributed by atoms with Gasteiger partial charge in [-0.3, -0.25) is 4.79 Å². The summed E-state index contributed by atoms with van der Waals surface area (Å²) in [5.41, 5.74) is 2.29. The Hall–Kier alpha value is -5.15. The predicted octanol–water partition coefficient (Wildman–Crippen LogP) is 3.47. The first kappa shape index (κ1) is 29.9. The Labute approximate surface area is 263 Å². The molecule has 1 fully saturated rings. The first-order valence-electron chi connectivity index (χ1n) is 13.8. The number of hydrogen-bond donors (Lipinski definition) is 4. The maximum atomic E-state index is 12.7. The Morgan fingerprint density at radius 1 is 0.956 bits per heavy atom. The number of piperazine rings is 1. The van der Waals surface area contributed by atoms with Crippen molar-refractivity contribution in [2.24, 2.45) is 0 Å². The average molecular weight is 648 g/mol. The van der Waals surface area contributed by atoms with Gasteiger partial charge in [-0.05, 0) is 66.8 Å². The SMILES string of the molecule is COc1cc2[nH]c3ncnc(N4CCN(C(=S)Nc5ccc(S(=O)(=O)NC(=O)c6ccc(O)cc6)cc5)CC4)c3c2cc1OC. The Kier molecular flexibility index (Phi) is 8.03. The molecular weight excluding hydrogens is 619 g/mol. The monoisotopic (exact) mass is 647 g/mol. The summed E-state index contributed by atoms with van der Waals surface area (Å²) in [5, 5.41) is 14.9. The number of phenols is 1. The van der Waals surface area contributed by atoms with E-state index in [1.165, 1.54) is 36.4 Å². The molecule has 0 spiro atoms. The molecule has 1 saturated heterocycles. The number of aromatic hydroxyl groups is 1. The van der Waals surface area contributed by atoms with E-state index in [0.29, 0.717) is 48.5 Å². The number of amides is 1. The number of benzene rings is 3. The van der Waals surface area contributed by atoms with Crippen LogP contribution in [0.25, 0.3) is 21.9 Å². The maximum Gasteiger partial charge on any atom is 0.265 e. The Bertz CT molecular complexity index is 2010. The number of carbonyl (C=O) groups excluding carboxylic acids is 1. The molecule has 4 N–H and O–H groups in total. The molecule has 0 radical (unpaired) electrons. The largest absolute Gasteiger partial charge is 0.508 e. The van der Waals surface area contributed by atoms with Crippen LogP contribution in [-0.2, 0) is 10.0 Å². The van der Waals surface area contributed by atoms with Crippen molar-refractivity contribution >= 4 is 66.7 Å². The fourth-order valence-corrected chi connectivity index (χ4v) is 6.44. The molecule has 13 nitrogen and oxygen atoms in total. The molecule has 1 aliphatic rings. The van der Waals surface area contributed by atoms with Gasteiger partial charge in [-0.2, -0.15) is 0 Å². The number of nitrogens with zero attached hydrogens (tertiary/aromatic N) is 4. The molecule has 15 heteroatoms. The fraction of sp³-hybridized carbons (Fsp3) is 0.200. The van der Waals surface area contributed by atoms with Crippen molar-refractivity contribution in [2.45, 2.75) is 4.90 Å².